The number of amides is 1. The van der Waals surface area contributed by atoms with Crippen LogP contribution >= 0.6 is 0 Å². The molecule has 1 aliphatic rings. The van der Waals surface area contributed by atoms with E-state index in [4.69, 9.17) is 0 Å². The van der Waals surface area contributed by atoms with Crippen molar-refractivity contribution in [3.05, 3.63) is 78.0 Å². The molecule has 0 saturated heterocycles. The Morgan fingerprint density at radius 3 is 2.74 bits per heavy atom. The number of carbonyl (C=O) groups excluding carboxylic acids is 1. The zero-order chi connectivity index (χ0) is 16.2. The molecule has 0 radical (unpaired) electrons. The molecule has 3 nitrogen and oxygen atoms in total. The number of carbonyl (C=O) groups is 1. The van der Waals surface area contributed by atoms with Crippen molar-refractivity contribution in [2.75, 3.05) is 5.32 Å². The lowest BCUT2D eigenvalue weighted by molar-refractivity contribution is -0.117. The number of rotatable bonds is 5. The van der Waals surface area contributed by atoms with Gasteiger partial charge in [-0.3, -0.25) is 9.79 Å². The van der Waals surface area contributed by atoms with Gasteiger partial charge >= 0.3 is 0 Å². The monoisotopic (exact) mass is 304 g/mol. The molecule has 3 heteroatoms. The maximum Gasteiger partial charge on any atom is 0.228 e. The summed E-state index contributed by atoms with van der Waals surface area (Å²) >= 11 is 0. The van der Waals surface area contributed by atoms with Crippen LogP contribution in [-0.4, -0.2) is 12.1 Å². The maximum absolute atomic E-state index is 12.4. The van der Waals surface area contributed by atoms with Gasteiger partial charge in [0.2, 0.25) is 5.91 Å². The predicted molar refractivity (Wildman–Crippen MR) is 94.9 cm³/mol. The Hall–Kier alpha value is -2.68. The third kappa shape index (κ3) is 3.57. The summed E-state index contributed by atoms with van der Waals surface area (Å²) in [6.45, 7) is 5.57. The molecule has 1 aliphatic carbocycles. The molecule has 0 heterocycles. The van der Waals surface area contributed by atoms with Crippen LogP contribution in [0.3, 0.4) is 0 Å². The lowest BCUT2D eigenvalue weighted by atomic mass is 10.1. The third-order valence-electron chi connectivity index (χ3n) is 4.21. The average Bonchev–Trinajstić information content (AvgIpc) is 3.36. The van der Waals surface area contributed by atoms with Crippen LogP contribution in [0.2, 0.25) is 0 Å². The minimum Gasteiger partial charge on any atom is -0.326 e. The molecule has 2 atom stereocenters. The van der Waals surface area contributed by atoms with E-state index in [0.717, 1.165) is 23.2 Å². The first-order chi connectivity index (χ1) is 11.2. The first-order valence-electron chi connectivity index (χ1n) is 7.79. The molecular formula is C20H20N2O. The van der Waals surface area contributed by atoms with Crippen molar-refractivity contribution in [1.82, 2.24) is 0 Å². The van der Waals surface area contributed by atoms with Crippen molar-refractivity contribution in [1.29, 1.82) is 0 Å². The van der Waals surface area contributed by atoms with Crippen LogP contribution in [0.15, 0.2) is 66.3 Å². The minimum absolute atomic E-state index is 0.0831. The topological polar surface area (TPSA) is 41.5 Å². The first-order valence-corrected chi connectivity index (χ1v) is 7.79. The highest BCUT2D eigenvalue weighted by Gasteiger charge is 2.43. The normalized spacial score (nSPS) is 19.5. The highest BCUT2D eigenvalue weighted by Crippen LogP contribution is 2.47. The number of nitrogens with zero attached hydrogens (tertiary/aromatic N) is 1. The molecule has 0 aliphatic heterocycles. The molecular weight excluding hydrogens is 284 g/mol. The van der Waals surface area contributed by atoms with Gasteiger partial charge in [0.05, 0.1) is 0 Å². The molecule has 0 spiro atoms. The van der Waals surface area contributed by atoms with Crippen molar-refractivity contribution in [2.45, 2.75) is 19.3 Å². The van der Waals surface area contributed by atoms with Crippen molar-refractivity contribution in [2.24, 2.45) is 10.9 Å². The van der Waals surface area contributed by atoms with Gasteiger partial charge in [-0.05, 0) is 48.1 Å². The summed E-state index contributed by atoms with van der Waals surface area (Å²) in [6, 6.07) is 16.1. The largest absolute Gasteiger partial charge is 0.326 e. The second kappa shape index (κ2) is 6.61. The SMILES string of the molecule is C=CN=Cc1ccc(NC(=O)C2CC2c2ccccc2)cc1C. The predicted octanol–water partition coefficient (Wildman–Crippen LogP) is 4.30. The smallest absolute Gasteiger partial charge is 0.228 e. The minimum atomic E-state index is 0.0831. The van der Waals surface area contributed by atoms with Crippen LogP contribution in [0, 0.1) is 12.8 Å². The highest BCUT2D eigenvalue weighted by molar-refractivity contribution is 5.95. The van der Waals surface area contributed by atoms with Crippen LogP contribution in [-0.2, 0) is 4.79 Å². The number of hydrogen-bond acceptors (Lipinski definition) is 2. The van der Waals surface area contributed by atoms with Gasteiger partial charge in [-0.15, -0.1) is 0 Å². The Balaban J connectivity index is 1.64. The molecule has 0 bridgehead atoms. The number of aryl methyl sites for hydroxylation is 1. The van der Waals surface area contributed by atoms with E-state index in [9.17, 15) is 4.79 Å². The summed E-state index contributed by atoms with van der Waals surface area (Å²) in [6.07, 6.45) is 4.20. The zero-order valence-electron chi connectivity index (χ0n) is 13.2. The van der Waals surface area contributed by atoms with E-state index in [1.165, 1.54) is 11.8 Å². The van der Waals surface area contributed by atoms with Crippen LogP contribution in [0.5, 0.6) is 0 Å². The number of benzene rings is 2. The molecule has 0 aromatic heterocycles. The van der Waals surface area contributed by atoms with Crippen LogP contribution in [0.25, 0.3) is 0 Å². The van der Waals surface area contributed by atoms with Crippen molar-refractivity contribution in [3.8, 4) is 0 Å². The maximum atomic E-state index is 12.4. The standard InChI is InChI=1S/C20H20N2O/c1-3-21-13-16-9-10-17(11-14(16)2)22-20(23)19-12-18(19)15-7-5-4-6-8-15/h3-11,13,18-19H,1,12H2,2H3,(H,22,23). The van der Waals surface area contributed by atoms with Gasteiger partial charge in [0, 0.05) is 24.0 Å². The summed E-state index contributed by atoms with van der Waals surface area (Å²) in [5.74, 6) is 0.543. The van der Waals surface area contributed by atoms with Gasteiger partial charge in [0.1, 0.15) is 0 Å². The van der Waals surface area contributed by atoms with E-state index in [1.807, 2.05) is 43.3 Å². The fraction of sp³-hybridized carbons (Fsp3) is 0.200. The fourth-order valence-corrected chi connectivity index (χ4v) is 2.82. The van der Waals surface area contributed by atoms with Crippen LogP contribution < -0.4 is 5.32 Å². The lowest BCUT2D eigenvalue weighted by Gasteiger charge is -2.08. The lowest BCUT2D eigenvalue weighted by Crippen LogP contribution is -2.14. The quantitative estimate of drug-likeness (QED) is 0.822. The zero-order valence-corrected chi connectivity index (χ0v) is 13.2. The van der Waals surface area contributed by atoms with Gasteiger partial charge in [0.25, 0.3) is 0 Å². The summed E-state index contributed by atoms with van der Waals surface area (Å²) in [5.41, 5.74) is 4.18. The van der Waals surface area contributed by atoms with E-state index >= 15 is 0 Å². The van der Waals surface area contributed by atoms with E-state index < -0.39 is 0 Å². The molecule has 3 rings (SSSR count). The van der Waals surface area contributed by atoms with E-state index in [-0.39, 0.29) is 11.8 Å². The highest BCUT2D eigenvalue weighted by atomic mass is 16.2. The summed E-state index contributed by atoms with van der Waals surface area (Å²) < 4.78 is 0. The average molecular weight is 304 g/mol. The molecule has 1 amide bonds. The fourth-order valence-electron chi connectivity index (χ4n) is 2.82. The number of hydrogen-bond donors (Lipinski definition) is 1. The van der Waals surface area contributed by atoms with Gasteiger partial charge < -0.3 is 5.32 Å². The second-order valence-corrected chi connectivity index (χ2v) is 5.88. The molecule has 2 aromatic carbocycles. The van der Waals surface area contributed by atoms with Crippen LogP contribution in [0.4, 0.5) is 5.69 Å². The summed E-state index contributed by atoms with van der Waals surface area (Å²) in [4.78, 5) is 16.4. The van der Waals surface area contributed by atoms with Crippen molar-refractivity contribution < 1.29 is 4.79 Å². The van der Waals surface area contributed by atoms with Gasteiger partial charge in [0.15, 0.2) is 0 Å². The Morgan fingerprint density at radius 1 is 1.26 bits per heavy atom. The first kappa shape index (κ1) is 15.2. The third-order valence-corrected chi connectivity index (χ3v) is 4.21. The van der Waals surface area contributed by atoms with Crippen molar-refractivity contribution >= 4 is 17.8 Å². The molecule has 116 valence electrons. The van der Waals surface area contributed by atoms with E-state index in [0.29, 0.717) is 5.92 Å². The summed E-state index contributed by atoms with van der Waals surface area (Å²) in [7, 11) is 0. The Bertz CT molecular complexity index is 749. The summed E-state index contributed by atoms with van der Waals surface area (Å²) in [5, 5.41) is 3.02. The van der Waals surface area contributed by atoms with Gasteiger partial charge in [-0.25, -0.2) is 0 Å². The van der Waals surface area contributed by atoms with E-state index in [2.05, 4.69) is 29.0 Å². The molecule has 2 aromatic rings. The Labute approximate surface area is 136 Å². The number of aliphatic imine (C=N–C) groups is 1. The Kier molecular flexibility index (Phi) is 4.38. The molecule has 1 fully saturated rings. The molecule has 1 saturated carbocycles. The van der Waals surface area contributed by atoms with Gasteiger partial charge in [-0.1, -0.05) is 43.0 Å². The molecule has 23 heavy (non-hydrogen) atoms. The van der Waals surface area contributed by atoms with Crippen LogP contribution in [0.1, 0.15) is 29.0 Å². The molecule has 1 N–H and O–H groups in total. The molecule has 2 unspecified atom stereocenters. The van der Waals surface area contributed by atoms with E-state index in [1.54, 1.807) is 6.21 Å². The second-order valence-electron chi connectivity index (χ2n) is 5.88. The van der Waals surface area contributed by atoms with Gasteiger partial charge in [-0.2, -0.15) is 0 Å². The van der Waals surface area contributed by atoms with Crippen molar-refractivity contribution in [3.63, 3.8) is 0 Å². The number of anilines is 1. The Morgan fingerprint density at radius 2 is 2.04 bits per heavy atom. The number of nitrogens with one attached hydrogen (secondary N) is 1.